The lowest BCUT2D eigenvalue weighted by atomic mass is 10.1. The van der Waals surface area contributed by atoms with Gasteiger partial charge in [0.2, 0.25) is 0 Å². The molecule has 0 saturated carbocycles. The fraction of sp³-hybridized carbons (Fsp3) is 0.417. The summed E-state index contributed by atoms with van der Waals surface area (Å²) in [5.41, 5.74) is 1.17. The van der Waals surface area contributed by atoms with E-state index in [1.54, 1.807) is 0 Å². The Morgan fingerprint density at radius 3 is 2.29 bits per heavy atom. The molecule has 1 rings (SSSR count). The van der Waals surface area contributed by atoms with Crippen LogP contribution in [0.1, 0.15) is 25.8 Å². The Morgan fingerprint density at radius 2 is 1.79 bits per heavy atom. The van der Waals surface area contributed by atoms with Crippen LogP contribution in [0.2, 0.25) is 0 Å². The van der Waals surface area contributed by atoms with Gasteiger partial charge in [0.25, 0.3) is 0 Å². The predicted molar refractivity (Wildman–Crippen MR) is 58.1 cm³/mol. The van der Waals surface area contributed by atoms with Crippen LogP contribution >= 0.6 is 0 Å². The molecule has 0 amide bonds. The molecule has 2 heteroatoms. The zero-order chi connectivity index (χ0) is 10.8. The topological polar surface area (TPSA) is 26.3 Å². The first kappa shape index (κ1) is 12.7. The van der Waals surface area contributed by atoms with Crippen molar-refractivity contribution in [2.75, 3.05) is 7.11 Å². The molecule has 0 atom stereocenters. The van der Waals surface area contributed by atoms with Crippen LogP contribution in [0.15, 0.2) is 30.3 Å². The summed E-state index contributed by atoms with van der Waals surface area (Å²) in [4.78, 5) is 10.8. The van der Waals surface area contributed by atoms with Crippen molar-refractivity contribution in [1.29, 1.82) is 0 Å². The number of methoxy groups -OCH3 is 1. The normalized spacial score (nSPS) is 8.50. The van der Waals surface area contributed by atoms with E-state index < -0.39 is 0 Å². The van der Waals surface area contributed by atoms with Crippen molar-refractivity contribution < 1.29 is 9.53 Å². The van der Waals surface area contributed by atoms with Crippen molar-refractivity contribution in [3.05, 3.63) is 35.9 Å². The van der Waals surface area contributed by atoms with Gasteiger partial charge in [0.05, 0.1) is 7.11 Å². The molecule has 0 heterocycles. The molecule has 0 aliphatic carbocycles. The minimum absolute atomic E-state index is 0.154. The van der Waals surface area contributed by atoms with Gasteiger partial charge < -0.3 is 4.74 Å². The number of carbonyl (C=O) groups excluding carboxylic acids is 1. The van der Waals surface area contributed by atoms with Gasteiger partial charge in [-0.25, -0.2) is 0 Å². The lowest BCUT2D eigenvalue weighted by Gasteiger charge is -1.98. The van der Waals surface area contributed by atoms with E-state index in [2.05, 4.69) is 4.74 Å². The monoisotopic (exact) mass is 194 g/mol. The van der Waals surface area contributed by atoms with Crippen molar-refractivity contribution in [1.82, 2.24) is 0 Å². The van der Waals surface area contributed by atoms with Gasteiger partial charge in [-0.3, -0.25) is 4.79 Å². The second-order valence-corrected chi connectivity index (χ2v) is 2.56. The fourth-order valence-corrected chi connectivity index (χ4v) is 0.993. The molecular formula is C12H18O2. The van der Waals surface area contributed by atoms with E-state index in [0.717, 1.165) is 6.42 Å². The number of carbonyl (C=O) groups is 1. The van der Waals surface area contributed by atoms with E-state index in [1.807, 2.05) is 44.2 Å². The maximum atomic E-state index is 10.8. The van der Waals surface area contributed by atoms with Gasteiger partial charge in [-0.05, 0) is 12.0 Å². The van der Waals surface area contributed by atoms with Crippen LogP contribution in [0.3, 0.4) is 0 Å². The molecule has 0 aliphatic heterocycles. The highest BCUT2D eigenvalue weighted by Gasteiger charge is 1.99. The molecule has 1 aromatic carbocycles. The summed E-state index contributed by atoms with van der Waals surface area (Å²) in [6.07, 6.45) is 1.22. The summed E-state index contributed by atoms with van der Waals surface area (Å²) in [5.74, 6) is -0.154. The van der Waals surface area contributed by atoms with Crippen LogP contribution in [-0.4, -0.2) is 13.1 Å². The van der Waals surface area contributed by atoms with Crippen molar-refractivity contribution in [2.45, 2.75) is 26.7 Å². The zero-order valence-electron chi connectivity index (χ0n) is 9.12. The van der Waals surface area contributed by atoms with Crippen molar-refractivity contribution in [3.8, 4) is 0 Å². The molecule has 78 valence electrons. The standard InChI is InChI=1S/C10H12O2.C2H6/c1-12-10(11)8-7-9-5-3-2-4-6-9;1-2/h2-6H,7-8H2,1H3;1-2H3. The lowest BCUT2D eigenvalue weighted by Crippen LogP contribution is -2.01. The first-order valence-corrected chi connectivity index (χ1v) is 4.93. The number of hydrogen-bond donors (Lipinski definition) is 0. The van der Waals surface area contributed by atoms with E-state index in [1.165, 1.54) is 12.7 Å². The third kappa shape index (κ3) is 5.36. The number of esters is 1. The Hall–Kier alpha value is -1.31. The summed E-state index contributed by atoms with van der Waals surface area (Å²) in [6.45, 7) is 4.00. The Labute approximate surface area is 85.9 Å². The average Bonchev–Trinajstić information content (AvgIpc) is 2.30. The molecule has 0 fully saturated rings. The highest BCUT2D eigenvalue weighted by molar-refractivity contribution is 5.69. The molecule has 0 spiro atoms. The van der Waals surface area contributed by atoms with Gasteiger partial charge in [0.15, 0.2) is 0 Å². The number of benzene rings is 1. The minimum Gasteiger partial charge on any atom is -0.469 e. The number of hydrogen-bond acceptors (Lipinski definition) is 2. The fourth-order valence-electron chi connectivity index (χ4n) is 0.993. The summed E-state index contributed by atoms with van der Waals surface area (Å²) >= 11 is 0. The SMILES string of the molecule is CC.COC(=O)CCc1ccccc1. The maximum absolute atomic E-state index is 10.8. The Bertz CT molecular complexity index is 242. The van der Waals surface area contributed by atoms with Crippen LogP contribution in [-0.2, 0) is 16.0 Å². The quantitative estimate of drug-likeness (QED) is 0.692. The molecule has 14 heavy (non-hydrogen) atoms. The third-order valence-corrected chi connectivity index (χ3v) is 1.69. The van der Waals surface area contributed by atoms with Crippen LogP contribution < -0.4 is 0 Å². The van der Waals surface area contributed by atoms with E-state index in [0.29, 0.717) is 6.42 Å². The molecule has 0 radical (unpaired) electrons. The lowest BCUT2D eigenvalue weighted by molar-refractivity contribution is -0.140. The Morgan fingerprint density at radius 1 is 1.21 bits per heavy atom. The number of ether oxygens (including phenoxy) is 1. The number of aryl methyl sites for hydroxylation is 1. The van der Waals surface area contributed by atoms with Crippen molar-refractivity contribution in [2.24, 2.45) is 0 Å². The molecule has 0 bridgehead atoms. The molecule has 0 aromatic heterocycles. The second kappa shape index (κ2) is 8.30. The highest BCUT2D eigenvalue weighted by Crippen LogP contribution is 2.02. The van der Waals surface area contributed by atoms with E-state index >= 15 is 0 Å². The average molecular weight is 194 g/mol. The van der Waals surface area contributed by atoms with Crippen LogP contribution in [0.4, 0.5) is 0 Å². The van der Waals surface area contributed by atoms with Gasteiger partial charge in [-0.1, -0.05) is 44.2 Å². The van der Waals surface area contributed by atoms with Gasteiger partial charge in [-0.2, -0.15) is 0 Å². The van der Waals surface area contributed by atoms with E-state index in [9.17, 15) is 4.79 Å². The minimum atomic E-state index is -0.154. The molecule has 0 aliphatic rings. The molecule has 2 nitrogen and oxygen atoms in total. The van der Waals surface area contributed by atoms with Crippen LogP contribution in [0.5, 0.6) is 0 Å². The Kier molecular flexibility index (Phi) is 7.52. The first-order chi connectivity index (χ1) is 6.83. The van der Waals surface area contributed by atoms with Crippen LogP contribution in [0, 0.1) is 0 Å². The van der Waals surface area contributed by atoms with Crippen molar-refractivity contribution >= 4 is 5.97 Å². The van der Waals surface area contributed by atoms with E-state index in [-0.39, 0.29) is 5.97 Å². The van der Waals surface area contributed by atoms with Crippen LogP contribution in [0.25, 0.3) is 0 Å². The third-order valence-electron chi connectivity index (χ3n) is 1.69. The number of rotatable bonds is 3. The highest BCUT2D eigenvalue weighted by atomic mass is 16.5. The zero-order valence-corrected chi connectivity index (χ0v) is 9.12. The Balaban J connectivity index is 0.000000791. The smallest absolute Gasteiger partial charge is 0.305 e. The van der Waals surface area contributed by atoms with Gasteiger partial charge in [0, 0.05) is 6.42 Å². The van der Waals surface area contributed by atoms with E-state index in [4.69, 9.17) is 0 Å². The first-order valence-electron chi connectivity index (χ1n) is 4.93. The molecular weight excluding hydrogens is 176 g/mol. The maximum Gasteiger partial charge on any atom is 0.305 e. The van der Waals surface area contributed by atoms with Gasteiger partial charge in [0.1, 0.15) is 0 Å². The molecule has 0 saturated heterocycles. The molecule has 1 aromatic rings. The summed E-state index contributed by atoms with van der Waals surface area (Å²) in [6, 6.07) is 9.90. The second-order valence-electron chi connectivity index (χ2n) is 2.56. The van der Waals surface area contributed by atoms with Crippen molar-refractivity contribution in [3.63, 3.8) is 0 Å². The molecule has 0 unspecified atom stereocenters. The summed E-state index contributed by atoms with van der Waals surface area (Å²) in [7, 11) is 1.41. The summed E-state index contributed by atoms with van der Waals surface area (Å²) < 4.78 is 4.53. The summed E-state index contributed by atoms with van der Waals surface area (Å²) in [5, 5.41) is 0. The van der Waals surface area contributed by atoms with Gasteiger partial charge >= 0.3 is 5.97 Å². The predicted octanol–water partition coefficient (Wildman–Crippen LogP) is 2.82. The molecule has 0 N–H and O–H groups in total. The van der Waals surface area contributed by atoms with Gasteiger partial charge in [-0.15, -0.1) is 0 Å². The largest absolute Gasteiger partial charge is 0.469 e.